The third-order valence-corrected chi connectivity index (χ3v) is 4.85. The molecule has 0 saturated carbocycles. The Morgan fingerprint density at radius 1 is 0.857 bits per heavy atom. The van der Waals surface area contributed by atoms with Gasteiger partial charge in [-0.15, -0.1) is 0 Å². The first-order chi connectivity index (χ1) is 13.6. The maximum Gasteiger partial charge on any atom is 0.200 e. The van der Waals surface area contributed by atoms with Crippen LogP contribution in [0.1, 0.15) is 90.7 Å². The molecule has 28 heavy (non-hydrogen) atoms. The van der Waals surface area contributed by atoms with Crippen molar-refractivity contribution in [3.8, 4) is 0 Å². The van der Waals surface area contributed by atoms with Crippen molar-refractivity contribution in [2.45, 2.75) is 97.2 Å². The monoisotopic (exact) mass is 389 g/mol. The van der Waals surface area contributed by atoms with Gasteiger partial charge >= 0.3 is 0 Å². The molecule has 1 aliphatic rings. The summed E-state index contributed by atoms with van der Waals surface area (Å²) in [6, 6.07) is 3.80. The molecule has 6 heteroatoms. The molecule has 2 rings (SSSR count). The number of nitrogens with zero attached hydrogens (tertiary/aromatic N) is 2. The van der Waals surface area contributed by atoms with Crippen LogP contribution in [0.25, 0.3) is 0 Å². The molecule has 1 fully saturated rings. The van der Waals surface area contributed by atoms with E-state index in [9.17, 15) is 0 Å². The Hall–Kier alpha value is -1.98. The molecule has 0 aromatic carbocycles. The first-order valence-corrected chi connectivity index (χ1v) is 11.0. The lowest BCUT2D eigenvalue weighted by Gasteiger charge is -2.36. The van der Waals surface area contributed by atoms with Gasteiger partial charge in [0.1, 0.15) is 18.0 Å². The van der Waals surface area contributed by atoms with E-state index in [-0.39, 0.29) is 5.66 Å². The molecule has 1 aromatic heterocycles. The largest absolute Gasteiger partial charge is 0.467 e. The van der Waals surface area contributed by atoms with Crippen LogP contribution in [-0.4, -0.2) is 24.1 Å². The number of furan rings is 1. The number of guanidine groups is 2. The van der Waals surface area contributed by atoms with Crippen molar-refractivity contribution in [1.29, 1.82) is 0 Å². The fourth-order valence-electron chi connectivity index (χ4n) is 3.31. The van der Waals surface area contributed by atoms with E-state index >= 15 is 0 Å². The number of aliphatic imine (C=N–C) groups is 2. The van der Waals surface area contributed by atoms with E-state index in [0.29, 0.717) is 6.54 Å². The summed E-state index contributed by atoms with van der Waals surface area (Å²) >= 11 is 0. The number of unbranched alkanes of at least 4 members (excludes halogenated alkanes) is 9. The molecule has 0 spiro atoms. The summed E-state index contributed by atoms with van der Waals surface area (Å²) in [4.78, 5) is 9.25. The van der Waals surface area contributed by atoms with Gasteiger partial charge in [-0.3, -0.25) is 10.3 Å². The summed E-state index contributed by atoms with van der Waals surface area (Å²) in [5, 5.41) is 9.95. The van der Waals surface area contributed by atoms with Crippen molar-refractivity contribution in [3.05, 3.63) is 24.2 Å². The molecule has 0 bridgehead atoms. The first-order valence-electron chi connectivity index (χ1n) is 11.0. The van der Waals surface area contributed by atoms with Gasteiger partial charge in [-0.1, -0.05) is 64.7 Å². The van der Waals surface area contributed by atoms with Gasteiger partial charge in [-0.25, -0.2) is 4.99 Å². The van der Waals surface area contributed by atoms with Crippen molar-refractivity contribution in [2.75, 3.05) is 6.54 Å². The average Bonchev–Trinajstić information content (AvgIpc) is 3.17. The zero-order chi connectivity index (χ0) is 20.1. The second-order valence-corrected chi connectivity index (χ2v) is 8.16. The Morgan fingerprint density at radius 3 is 2.07 bits per heavy atom. The molecular weight excluding hydrogens is 350 g/mol. The van der Waals surface area contributed by atoms with Gasteiger partial charge in [0.2, 0.25) is 0 Å². The van der Waals surface area contributed by atoms with E-state index < -0.39 is 0 Å². The number of hydrogen-bond donors (Lipinski definition) is 3. The van der Waals surface area contributed by atoms with E-state index in [0.717, 1.165) is 30.6 Å². The van der Waals surface area contributed by atoms with Crippen molar-refractivity contribution < 1.29 is 4.42 Å². The van der Waals surface area contributed by atoms with Gasteiger partial charge in [0.05, 0.1) is 6.26 Å². The molecular formula is C22H39N5O. The van der Waals surface area contributed by atoms with Gasteiger partial charge in [0.15, 0.2) is 11.9 Å². The summed E-state index contributed by atoms with van der Waals surface area (Å²) in [6.45, 7) is 7.77. The number of rotatable bonds is 13. The molecule has 0 unspecified atom stereocenters. The van der Waals surface area contributed by atoms with Gasteiger partial charge in [-0.2, -0.15) is 0 Å². The SMILES string of the molecule is CCCCCCCCCCCCN=C1NC(=NCc2ccco2)NC(C)(C)N1. The first kappa shape index (κ1) is 22.3. The van der Waals surface area contributed by atoms with Crippen LogP contribution in [0.4, 0.5) is 0 Å². The summed E-state index contributed by atoms with van der Waals surface area (Å²) in [7, 11) is 0. The van der Waals surface area contributed by atoms with Crippen LogP contribution in [0.3, 0.4) is 0 Å². The second kappa shape index (κ2) is 12.5. The van der Waals surface area contributed by atoms with E-state index in [4.69, 9.17) is 9.41 Å². The third kappa shape index (κ3) is 9.29. The van der Waals surface area contributed by atoms with Crippen LogP contribution in [0.5, 0.6) is 0 Å². The molecule has 1 aromatic rings. The topological polar surface area (TPSA) is 74.0 Å². The maximum atomic E-state index is 5.34. The van der Waals surface area contributed by atoms with Crippen molar-refractivity contribution in [2.24, 2.45) is 9.98 Å². The highest BCUT2D eigenvalue weighted by Crippen LogP contribution is 2.10. The summed E-state index contributed by atoms with van der Waals surface area (Å²) in [5.41, 5.74) is -0.288. The lowest BCUT2D eigenvalue weighted by atomic mass is 10.1. The highest BCUT2D eigenvalue weighted by Gasteiger charge is 2.26. The summed E-state index contributed by atoms with van der Waals surface area (Å²) in [5.74, 6) is 2.36. The summed E-state index contributed by atoms with van der Waals surface area (Å²) < 4.78 is 5.34. The quantitative estimate of drug-likeness (QED) is 0.418. The molecule has 1 aliphatic heterocycles. The van der Waals surface area contributed by atoms with Gasteiger partial charge < -0.3 is 15.1 Å². The lowest BCUT2D eigenvalue weighted by Crippen LogP contribution is -2.68. The van der Waals surface area contributed by atoms with Gasteiger partial charge in [-0.05, 0) is 32.4 Å². The maximum absolute atomic E-state index is 5.34. The van der Waals surface area contributed by atoms with Crippen LogP contribution < -0.4 is 16.0 Å². The zero-order valence-electron chi connectivity index (χ0n) is 18.0. The lowest BCUT2D eigenvalue weighted by molar-refractivity contribution is 0.402. The van der Waals surface area contributed by atoms with Crippen molar-refractivity contribution in [1.82, 2.24) is 16.0 Å². The van der Waals surface area contributed by atoms with Crippen LogP contribution in [0.15, 0.2) is 32.8 Å². The fourth-order valence-corrected chi connectivity index (χ4v) is 3.31. The summed E-state index contributed by atoms with van der Waals surface area (Å²) in [6.07, 6.45) is 15.1. The number of nitrogens with one attached hydrogen (secondary N) is 3. The van der Waals surface area contributed by atoms with Crippen molar-refractivity contribution >= 4 is 11.9 Å². The normalized spacial score (nSPS) is 18.7. The zero-order valence-corrected chi connectivity index (χ0v) is 18.0. The fraction of sp³-hybridized carbons (Fsp3) is 0.727. The molecule has 0 aliphatic carbocycles. The highest BCUT2D eigenvalue weighted by molar-refractivity contribution is 6.01. The molecule has 158 valence electrons. The number of hydrogen-bond acceptors (Lipinski definition) is 3. The minimum Gasteiger partial charge on any atom is -0.467 e. The van der Waals surface area contributed by atoms with E-state index in [2.05, 4.69) is 41.7 Å². The molecule has 3 N–H and O–H groups in total. The predicted octanol–water partition coefficient (Wildman–Crippen LogP) is 4.93. The molecule has 0 radical (unpaired) electrons. The third-order valence-electron chi connectivity index (χ3n) is 4.85. The van der Waals surface area contributed by atoms with Crippen LogP contribution in [0.2, 0.25) is 0 Å². The Balaban J connectivity index is 1.63. The standard InChI is InChI=1S/C22H39N5O/c1-4-5-6-7-8-9-10-11-12-13-16-23-20-25-21(27-22(2,3)26-20)24-18-19-15-14-17-28-19/h14-15,17H,4-13,16,18H2,1-3H3,(H3,23,24,25,26,27). The molecule has 0 amide bonds. The Labute approximate surface area is 170 Å². The minimum atomic E-state index is -0.288. The van der Waals surface area contributed by atoms with Crippen LogP contribution >= 0.6 is 0 Å². The minimum absolute atomic E-state index is 0.288. The Kier molecular flexibility index (Phi) is 9.94. The Bertz CT molecular complexity index is 592. The van der Waals surface area contributed by atoms with Gasteiger partial charge in [0.25, 0.3) is 0 Å². The average molecular weight is 390 g/mol. The van der Waals surface area contributed by atoms with Crippen molar-refractivity contribution in [3.63, 3.8) is 0 Å². The van der Waals surface area contributed by atoms with E-state index in [1.165, 1.54) is 57.8 Å². The predicted molar refractivity (Wildman–Crippen MR) is 117 cm³/mol. The van der Waals surface area contributed by atoms with Crippen LogP contribution in [0, 0.1) is 0 Å². The van der Waals surface area contributed by atoms with E-state index in [1.54, 1.807) is 6.26 Å². The molecule has 1 saturated heterocycles. The van der Waals surface area contributed by atoms with E-state index in [1.807, 2.05) is 12.1 Å². The highest BCUT2D eigenvalue weighted by atomic mass is 16.3. The smallest absolute Gasteiger partial charge is 0.200 e. The molecule has 0 atom stereocenters. The Morgan fingerprint density at radius 2 is 1.46 bits per heavy atom. The van der Waals surface area contributed by atoms with Gasteiger partial charge in [0, 0.05) is 6.54 Å². The second-order valence-electron chi connectivity index (χ2n) is 8.16. The molecule has 2 heterocycles. The molecule has 6 nitrogen and oxygen atoms in total. The van der Waals surface area contributed by atoms with Crippen LogP contribution in [-0.2, 0) is 6.54 Å².